The van der Waals surface area contributed by atoms with Crippen molar-refractivity contribution < 1.29 is 0 Å². The van der Waals surface area contributed by atoms with Gasteiger partial charge in [0.2, 0.25) is 0 Å². The summed E-state index contributed by atoms with van der Waals surface area (Å²) in [6.45, 7) is 3.41. The molecule has 0 radical (unpaired) electrons. The second-order valence-corrected chi connectivity index (χ2v) is 6.57. The van der Waals surface area contributed by atoms with E-state index in [1.807, 2.05) is 18.2 Å². The Labute approximate surface area is 131 Å². The molecule has 1 N–H and O–H groups in total. The lowest BCUT2D eigenvalue weighted by atomic mass is 10.2. The van der Waals surface area contributed by atoms with Crippen molar-refractivity contribution in [2.45, 2.75) is 25.3 Å². The Kier molecular flexibility index (Phi) is 4.48. The van der Waals surface area contributed by atoms with Crippen LogP contribution in [0.15, 0.2) is 18.2 Å². The van der Waals surface area contributed by atoms with Gasteiger partial charge in [0.25, 0.3) is 0 Å². The van der Waals surface area contributed by atoms with Crippen LogP contribution >= 0.6 is 11.6 Å². The van der Waals surface area contributed by atoms with Crippen LogP contribution in [0.3, 0.4) is 0 Å². The van der Waals surface area contributed by atoms with Crippen LogP contribution in [-0.2, 0) is 6.42 Å². The largest absolute Gasteiger partial charge is 0.342 e. The molecule has 0 aliphatic carbocycles. The molecule has 0 spiro atoms. The first-order valence-corrected chi connectivity index (χ1v) is 8.02. The van der Waals surface area contributed by atoms with E-state index in [2.05, 4.69) is 33.9 Å². The molecular formula is C16H23ClN4. The number of nitrogens with one attached hydrogen (secondary N) is 1. The van der Waals surface area contributed by atoms with Crippen molar-refractivity contribution in [2.75, 3.05) is 33.7 Å². The van der Waals surface area contributed by atoms with Gasteiger partial charge < -0.3 is 14.8 Å². The lowest BCUT2D eigenvalue weighted by Crippen LogP contribution is -2.37. The lowest BCUT2D eigenvalue weighted by molar-refractivity contribution is 0.221. The first kappa shape index (κ1) is 14.8. The molecule has 4 nitrogen and oxygen atoms in total. The van der Waals surface area contributed by atoms with Crippen LogP contribution < -0.4 is 0 Å². The highest BCUT2D eigenvalue weighted by atomic mass is 35.5. The number of H-pyrrole nitrogens is 1. The number of hydrogen-bond donors (Lipinski definition) is 1. The second kappa shape index (κ2) is 6.34. The summed E-state index contributed by atoms with van der Waals surface area (Å²) in [7, 11) is 4.43. The van der Waals surface area contributed by atoms with Gasteiger partial charge in [-0.15, -0.1) is 0 Å². The van der Waals surface area contributed by atoms with Crippen LogP contribution in [0.4, 0.5) is 0 Å². The maximum atomic E-state index is 6.00. The number of aromatic amines is 1. The average molecular weight is 307 g/mol. The normalized spacial score (nSPS) is 19.9. The number of aromatic nitrogens is 2. The zero-order chi connectivity index (χ0) is 14.8. The van der Waals surface area contributed by atoms with Crippen molar-refractivity contribution in [2.24, 2.45) is 0 Å². The van der Waals surface area contributed by atoms with Gasteiger partial charge in [-0.3, -0.25) is 0 Å². The molecule has 5 heteroatoms. The molecule has 1 aromatic carbocycles. The van der Waals surface area contributed by atoms with Crippen LogP contribution in [0.5, 0.6) is 0 Å². The minimum atomic E-state index is 0.712. The fourth-order valence-electron chi connectivity index (χ4n) is 3.11. The molecule has 1 fully saturated rings. The Balaban J connectivity index is 1.55. The van der Waals surface area contributed by atoms with Gasteiger partial charge in [-0.1, -0.05) is 11.6 Å². The molecule has 1 saturated heterocycles. The van der Waals surface area contributed by atoms with Gasteiger partial charge in [0.15, 0.2) is 0 Å². The van der Waals surface area contributed by atoms with E-state index in [0.29, 0.717) is 6.04 Å². The fourth-order valence-corrected chi connectivity index (χ4v) is 3.28. The second-order valence-electron chi connectivity index (χ2n) is 6.13. The number of likely N-dealkylation sites (tertiary alicyclic amines) is 1. The number of likely N-dealkylation sites (N-methyl/N-ethyl adjacent to an activating group) is 2. The quantitative estimate of drug-likeness (QED) is 0.922. The number of fused-ring (bicyclic) bond motifs is 1. The van der Waals surface area contributed by atoms with Crippen LogP contribution in [0, 0.1) is 0 Å². The Morgan fingerprint density at radius 2 is 2.33 bits per heavy atom. The third-order valence-electron chi connectivity index (χ3n) is 4.42. The van der Waals surface area contributed by atoms with Crippen molar-refractivity contribution in [1.29, 1.82) is 0 Å². The highest BCUT2D eigenvalue weighted by molar-refractivity contribution is 6.31. The van der Waals surface area contributed by atoms with E-state index in [1.165, 1.54) is 19.4 Å². The van der Waals surface area contributed by atoms with E-state index in [4.69, 9.17) is 11.6 Å². The zero-order valence-electron chi connectivity index (χ0n) is 12.8. The third kappa shape index (κ3) is 3.57. The highest BCUT2D eigenvalue weighted by Crippen LogP contribution is 2.18. The summed E-state index contributed by atoms with van der Waals surface area (Å²) in [5.41, 5.74) is 2.02. The summed E-state index contributed by atoms with van der Waals surface area (Å²) < 4.78 is 0. The standard InChI is InChI=1S/C16H23ClN4/c1-20(11-13-4-3-8-21(13)2)9-7-16-18-14-6-5-12(17)10-15(14)19-16/h5-6,10,13H,3-4,7-9,11H2,1-2H3,(H,18,19). The molecule has 2 aromatic rings. The topological polar surface area (TPSA) is 35.2 Å². The van der Waals surface area contributed by atoms with E-state index in [0.717, 1.165) is 41.4 Å². The minimum Gasteiger partial charge on any atom is -0.342 e. The van der Waals surface area contributed by atoms with E-state index in [1.54, 1.807) is 0 Å². The Morgan fingerprint density at radius 1 is 1.48 bits per heavy atom. The Bertz CT molecular complexity index is 609. The van der Waals surface area contributed by atoms with Crippen molar-refractivity contribution in [3.8, 4) is 0 Å². The number of benzene rings is 1. The number of halogens is 1. The monoisotopic (exact) mass is 306 g/mol. The molecule has 3 rings (SSSR count). The maximum Gasteiger partial charge on any atom is 0.108 e. The smallest absolute Gasteiger partial charge is 0.108 e. The van der Waals surface area contributed by atoms with E-state index >= 15 is 0 Å². The zero-order valence-corrected chi connectivity index (χ0v) is 13.5. The predicted molar refractivity (Wildman–Crippen MR) is 88.0 cm³/mol. The van der Waals surface area contributed by atoms with Crippen LogP contribution in [-0.4, -0.2) is 59.5 Å². The van der Waals surface area contributed by atoms with E-state index in [-0.39, 0.29) is 0 Å². The summed E-state index contributed by atoms with van der Waals surface area (Å²) in [5.74, 6) is 1.04. The predicted octanol–water partition coefficient (Wildman–Crippen LogP) is 2.78. The highest BCUT2D eigenvalue weighted by Gasteiger charge is 2.21. The first-order valence-electron chi connectivity index (χ1n) is 7.65. The van der Waals surface area contributed by atoms with Crippen molar-refractivity contribution in [3.63, 3.8) is 0 Å². The Morgan fingerprint density at radius 3 is 3.10 bits per heavy atom. The summed E-state index contributed by atoms with van der Waals surface area (Å²) in [6.07, 6.45) is 3.60. The van der Waals surface area contributed by atoms with Gasteiger partial charge in [-0.05, 0) is 51.7 Å². The summed E-state index contributed by atoms with van der Waals surface area (Å²) in [5, 5.41) is 0.749. The number of nitrogens with zero attached hydrogens (tertiary/aromatic N) is 3. The van der Waals surface area contributed by atoms with Gasteiger partial charge in [0.1, 0.15) is 5.82 Å². The Hall–Kier alpha value is -1.10. The van der Waals surface area contributed by atoms with Gasteiger partial charge in [-0.25, -0.2) is 4.98 Å². The number of rotatable bonds is 5. The van der Waals surface area contributed by atoms with E-state index < -0.39 is 0 Å². The van der Waals surface area contributed by atoms with Gasteiger partial charge in [0, 0.05) is 30.6 Å². The molecule has 1 unspecified atom stereocenters. The van der Waals surface area contributed by atoms with Gasteiger partial charge in [-0.2, -0.15) is 0 Å². The van der Waals surface area contributed by atoms with Gasteiger partial charge in [0.05, 0.1) is 11.0 Å². The molecule has 1 aliphatic heterocycles. The average Bonchev–Trinajstić information content (AvgIpc) is 3.02. The molecule has 0 bridgehead atoms. The van der Waals surface area contributed by atoms with Crippen molar-refractivity contribution >= 4 is 22.6 Å². The van der Waals surface area contributed by atoms with Gasteiger partial charge >= 0.3 is 0 Å². The lowest BCUT2D eigenvalue weighted by Gasteiger charge is -2.25. The molecular weight excluding hydrogens is 284 g/mol. The fraction of sp³-hybridized carbons (Fsp3) is 0.562. The number of hydrogen-bond acceptors (Lipinski definition) is 3. The molecule has 114 valence electrons. The molecule has 1 aromatic heterocycles. The molecule has 0 saturated carbocycles. The number of imidazole rings is 1. The van der Waals surface area contributed by atoms with Crippen LogP contribution in [0.2, 0.25) is 5.02 Å². The molecule has 0 amide bonds. The van der Waals surface area contributed by atoms with Crippen molar-refractivity contribution in [1.82, 2.24) is 19.8 Å². The SMILES string of the molecule is CN(CCc1nc2ccc(Cl)cc2[nH]1)CC1CCCN1C. The maximum absolute atomic E-state index is 6.00. The first-order chi connectivity index (χ1) is 10.1. The summed E-state index contributed by atoms with van der Waals surface area (Å²) >= 11 is 6.00. The van der Waals surface area contributed by atoms with Crippen LogP contribution in [0.1, 0.15) is 18.7 Å². The summed E-state index contributed by atoms with van der Waals surface area (Å²) in [6, 6.07) is 6.50. The van der Waals surface area contributed by atoms with Crippen molar-refractivity contribution in [3.05, 3.63) is 29.0 Å². The molecule has 21 heavy (non-hydrogen) atoms. The summed E-state index contributed by atoms with van der Waals surface area (Å²) in [4.78, 5) is 12.9. The van der Waals surface area contributed by atoms with E-state index in [9.17, 15) is 0 Å². The molecule has 1 atom stereocenters. The third-order valence-corrected chi connectivity index (χ3v) is 4.65. The molecule has 1 aliphatic rings. The molecule has 2 heterocycles. The minimum absolute atomic E-state index is 0.712. The van der Waals surface area contributed by atoms with Crippen LogP contribution in [0.25, 0.3) is 11.0 Å².